The summed E-state index contributed by atoms with van der Waals surface area (Å²) in [4.78, 5) is 0. The minimum absolute atomic E-state index is 0.286. The van der Waals surface area contributed by atoms with Crippen molar-refractivity contribution in [2.45, 2.75) is 32.4 Å². The highest BCUT2D eigenvalue weighted by Gasteiger charge is 2.20. The van der Waals surface area contributed by atoms with Gasteiger partial charge in [0, 0.05) is 29.8 Å². The largest absolute Gasteiger partial charge is 0.467 e. The number of rotatable bonds is 7. The predicted molar refractivity (Wildman–Crippen MR) is 68.4 cm³/mol. The van der Waals surface area contributed by atoms with Crippen molar-refractivity contribution < 1.29 is 9.47 Å². The van der Waals surface area contributed by atoms with Crippen molar-refractivity contribution in [3.63, 3.8) is 0 Å². The Morgan fingerprint density at radius 2 is 2.24 bits per heavy atom. The van der Waals surface area contributed by atoms with Crippen LogP contribution in [0.4, 0.5) is 0 Å². The fourth-order valence-corrected chi connectivity index (χ4v) is 1.75. The maximum Gasteiger partial charge on any atom is 0.189 e. The molecule has 3 nitrogen and oxygen atoms in total. The van der Waals surface area contributed by atoms with Crippen LogP contribution < -0.4 is 10.1 Å². The van der Waals surface area contributed by atoms with E-state index in [1.54, 1.807) is 0 Å². The first-order valence-electron chi connectivity index (χ1n) is 6.02. The van der Waals surface area contributed by atoms with Crippen molar-refractivity contribution in [1.82, 2.24) is 5.32 Å². The molecular weight excluding hydrogens is 238 g/mol. The Hall–Kier alpha value is -0.770. The first-order chi connectivity index (χ1) is 8.29. The van der Waals surface area contributed by atoms with Crippen LogP contribution >= 0.6 is 11.6 Å². The Labute approximate surface area is 107 Å². The van der Waals surface area contributed by atoms with Crippen LogP contribution in [0.3, 0.4) is 0 Å². The third-order valence-corrected chi connectivity index (χ3v) is 2.92. The number of ether oxygens (including phenoxy) is 2. The molecule has 1 N–H and O–H groups in total. The Kier molecular flexibility index (Phi) is 4.66. The lowest BCUT2D eigenvalue weighted by molar-refractivity contribution is 0.0218. The van der Waals surface area contributed by atoms with Crippen molar-refractivity contribution >= 4 is 11.6 Å². The van der Waals surface area contributed by atoms with E-state index in [9.17, 15) is 0 Å². The summed E-state index contributed by atoms with van der Waals surface area (Å²) in [6.07, 6.45) is 2.55. The standard InChI is InChI=1S/C13H18ClNO2/c1-2-16-9-17-13-6-3-11(14)7-10(13)8-15-12-4-5-12/h3,6-7,12,15H,2,4-5,8-9H2,1H3. The highest BCUT2D eigenvalue weighted by molar-refractivity contribution is 6.30. The number of hydrogen-bond donors (Lipinski definition) is 1. The van der Waals surface area contributed by atoms with Gasteiger partial charge in [0.2, 0.25) is 0 Å². The molecule has 0 spiro atoms. The molecule has 1 aliphatic carbocycles. The molecule has 1 fully saturated rings. The molecule has 0 heterocycles. The summed E-state index contributed by atoms with van der Waals surface area (Å²) in [5.74, 6) is 0.844. The van der Waals surface area contributed by atoms with E-state index in [-0.39, 0.29) is 6.79 Å². The first-order valence-corrected chi connectivity index (χ1v) is 6.39. The lowest BCUT2D eigenvalue weighted by Crippen LogP contribution is -2.16. The molecule has 2 rings (SSSR count). The van der Waals surface area contributed by atoms with E-state index in [1.165, 1.54) is 12.8 Å². The lowest BCUT2D eigenvalue weighted by Gasteiger charge is -2.12. The number of hydrogen-bond acceptors (Lipinski definition) is 3. The van der Waals surface area contributed by atoms with Gasteiger partial charge in [-0.1, -0.05) is 11.6 Å². The highest BCUT2D eigenvalue weighted by Crippen LogP contribution is 2.25. The zero-order valence-corrected chi connectivity index (χ0v) is 10.8. The van der Waals surface area contributed by atoms with E-state index in [1.807, 2.05) is 25.1 Å². The molecular formula is C13H18ClNO2. The lowest BCUT2D eigenvalue weighted by atomic mass is 10.2. The van der Waals surface area contributed by atoms with E-state index < -0.39 is 0 Å². The third-order valence-electron chi connectivity index (χ3n) is 2.68. The predicted octanol–water partition coefficient (Wildman–Crippen LogP) is 2.96. The summed E-state index contributed by atoms with van der Waals surface area (Å²) in [5, 5.41) is 4.19. The van der Waals surface area contributed by atoms with Gasteiger partial charge in [-0.05, 0) is 38.0 Å². The van der Waals surface area contributed by atoms with Gasteiger partial charge >= 0.3 is 0 Å². The minimum atomic E-state index is 0.286. The molecule has 0 atom stereocenters. The summed E-state index contributed by atoms with van der Waals surface area (Å²) in [7, 11) is 0. The second kappa shape index (κ2) is 6.24. The second-order valence-corrected chi connectivity index (χ2v) is 4.60. The molecule has 0 amide bonds. The highest BCUT2D eigenvalue weighted by atomic mass is 35.5. The molecule has 0 saturated heterocycles. The molecule has 0 aromatic heterocycles. The average Bonchev–Trinajstić information content (AvgIpc) is 3.13. The Morgan fingerprint density at radius 3 is 2.94 bits per heavy atom. The molecule has 1 aliphatic rings. The van der Waals surface area contributed by atoms with Crippen molar-refractivity contribution in [2.24, 2.45) is 0 Å². The smallest absolute Gasteiger partial charge is 0.189 e. The van der Waals surface area contributed by atoms with Crippen LogP contribution in [0, 0.1) is 0 Å². The van der Waals surface area contributed by atoms with Crippen molar-refractivity contribution in [3.8, 4) is 5.75 Å². The summed E-state index contributed by atoms with van der Waals surface area (Å²) in [5.41, 5.74) is 1.09. The topological polar surface area (TPSA) is 30.5 Å². The average molecular weight is 256 g/mol. The van der Waals surface area contributed by atoms with Gasteiger partial charge in [-0.25, -0.2) is 0 Å². The number of benzene rings is 1. The zero-order valence-electron chi connectivity index (χ0n) is 10.0. The quantitative estimate of drug-likeness (QED) is 0.600. The molecule has 94 valence electrons. The molecule has 0 aliphatic heterocycles. The van der Waals surface area contributed by atoms with Gasteiger partial charge < -0.3 is 14.8 Å². The van der Waals surface area contributed by atoms with Crippen molar-refractivity contribution in [1.29, 1.82) is 0 Å². The molecule has 1 saturated carbocycles. The monoisotopic (exact) mass is 255 g/mol. The SMILES string of the molecule is CCOCOc1ccc(Cl)cc1CNC1CC1. The summed E-state index contributed by atoms with van der Waals surface area (Å²) in [6, 6.07) is 6.35. The molecule has 0 unspecified atom stereocenters. The van der Waals surface area contributed by atoms with Crippen LogP contribution in [-0.2, 0) is 11.3 Å². The number of halogens is 1. The van der Waals surface area contributed by atoms with Crippen LogP contribution in [0.1, 0.15) is 25.3 Å². The van der Waals surface area contributed by atoms with Gasteiger partial charge in [0.15, 0.2) is 6.79 Å². The zero-order chi connectivity index (χ0) is 12.1. The summed E-state index contributed by atoms with van der Waals surface area (Å²) in [6.45, 7) is 3.69. The molecule has 17 heavy (non-hydrogen) atoms. The number of nitrogens with one attached hydrogen (secondary N) is 1. The Bertz CT molecular complexity index is 366. The van der Waals surface area contributed by atoms with Gasteiger partial charge in [0.1, 0.15) is 5.75 Å². The maximum atomic E-state index is 5.99. The third kappa shape index (κ3) is 4.19. The van der Waals surface area contributed by atoms with E-state index in [2.05, 4.69) is 5.32 Å². The summed E-state index contributed by atoms with van der Waals surface area (Å²) >= 11 is 5.99. The molecule has 0 radical (unpaired) electrons. The second-order valence-electron chi connectivity index (χ2n) is 4.16. The molecule has 1 aromatic rings. The van der Waals surface area contributed by atoms with Crippen molar-refractivity contribution in [3.05, 3.63) is 28.8 Å². The Morgan fingerprint density at radius 1 is 1.41 bits per heavy atom. The van der Waals surface area contributed by atoms with Gasteiger partial charge in [-0.2, -0.15) is 0 Å². The van der Waals surface area contributed by atoms with Crippen LogP contribution in [0.5, 0.6) is 5.75 Å². The van der Waals surface area contributed by atoms with E-state index >= 15 is 0 Å². The van der Waals surface area contributed by atoms with Crippen LogP contribution in [-0.4, -0.2) is 19.4 Å². The molecule has 4 heteroatoms. The van der Waals surface area contributed by atoms with Gasteiger partial charge in [-0.3, -0.25) is 0 Å². The van der Waals surface area contributed by atoms with E-state index in [0.717, 1.165) is 22.9 Å². The van der Waals surface area contributed by atoms with Crippen LogP contribution in [0.15, 0.2) is 18.2 Å². The fraction of sp³-hybridized carbons (Fsp3) is 0.538. The van der Waals surface area contributed by atoms with Gasteiger partial charge in [0.05, 0.1) is 0 Å². The Balaban J connectivity index is 1.95. The first kappa shape index (κ1) is 12.7. The van der Waals surface area contributed by atoms with Gasteiger partial charge in [-0.15, -0.1) is 0 Å². The summed E-state index contributed by atoms with van der Waals surface area (Å²) < 4.78 is 10.7. The molecule has 1 aromatic carbocycles. The van der Waals surface area contributed by atoms with Gasteiger partial charge in [0.25, 0.3) is 0 Å². The normalized spacial score (nSPS) is 14.9. The van der Waals surface area contributed by atoms with E-state index in [0.29, 0.717) is 12.6 Å². The molecule has 0 bridgehead atoms. The van der Waals surface area contributed by atoms with Crippen LogP contribution in [0.2, 0.25) is 5.02 Å². The minimum Gasteiger partial charge on any atom is -0.467 e. The van der Waals surface area contributed by atoms with E-state index in [4.69, 9.17) is 21.1 Å². The van der Waals surface area contributed by atoms with Crippen LogP contribution in [0.25, 0.3) is 0 Å². The van der Waals surface area contributed by atoms with Crippen molar-refractivity contribution in [2.75, 3.05) is 13.4 Å². The maximum absolute atomic E-state index is 5.99. The fourth-order valence-electron chi connectivity index (χ4n) is 1.56.